The van der Waals surface area contributed by atoms with Gasteiger partial charge < -0.3 is 53.6 Å². The van der Waals surface area contributed by atoms with Crippen LogP contribution >= 0.6 is 0 Å². The number of alkyl carbamates (subject to hydrolysis) is 2. The van der Waals surface area contributed by atoms with Gasteiger partial charge in [0.25, 0.3) is 0 Å². The minimum atomic E-state index is -1.18. The Morgan fingerprint density at radius 1 is 1.02 bits per heavy atom. The average Bonchev–Trinajstić information content (AvgIpc) is 2.95. The molecule has 0 saturated carbocycles. The van der Waals surface area contributed by atoms with Crippen LogP contribution in [0.1, 0.15) is 41.0 Å². The summed E-state index contributed by atoms with van der Waals surface area (Å²) in [5.41, 5.74) is -0.751. The van der Waals surface area contributed by atoms with Crippen molar-refractivity contribution in [3.63, 3.8) is 0 Å². The zero-order valence-electron chi connectivity index (χ0n) is 26.1. The van der Waals surface area contributed by atoms with E-state index in [1.54, 1.807) is 34.6 Å². The number of carbonyl (C=O) groups excluding carboxylic acids is 3. The molecule has 1 rings (SSSR count). The van der Waals surface area contributed by atoms with Crippen LogP contribution in [-0.2, 0) is 42.7 Å². The largest absolute Gasteiger partial charge is 0.479 e. The van der Waals surface area contributed by atoms with Gasteiger partial charge >= 0.3 is 18.2 Å². The van der Waals surface area contributed by atoms with Crippen molar-refractivity contribution in [1.82, 2.24) is 10.6 Å². The molecule has 2 amide bonds. The lowest BCUT2D eigenvalue weighted by atomic mass is 9.87. The van der Waals surface area contributed by atoms with Gasteiger partial charge in [0.05, 0.1) is 65.5 Å². The first-order valence-electron chi connectivity index (χ1n) is 14.3. The molecule has 0 aromatic carbocycles. The third-order valence-corrected chi connectivity index (χ3v) is 5.93. The topological polar surface area (TPSA) is 169 Å². The molecule has 0 aromatic rings. The van der Waals surface area contributed by atoms with Crippen LogP contribution in [0.3, 0.4) is 0 Å². The van der Waals surface area contributed by atoms with Crippen LogP contribution in [-0.4, -0.2) is 120 Å². The SMILES string of the molecule is C#CCOCCOCCOCCOCCNC(=O)O[C@@H]([C@@H]1OC(C(=O)OC)=C[C@H](NC(=O)OC(C)(C)C)[C@H]1C)[C@H](O)CC. The Morgan fingerprint density at radius 2 is 1.60 bits per heavy atom. The molecule has 1 aliphatic heterocycles. The fourth-order valence-electron chi connectivity index (χ4n) is 3.79. The van der Waals surface area contributed by atoms with E-state index in [4.69, 9.17) is 44.3 Å². The number of aliphatic hydroxyl groups is 1. The predicted molar refractivity (Wildman–Crippen MR) is 154 cm³/mol. The van der Waals surface area contributed by atoms with Gasteiger partial charge in [-0.1, -0.05) is 19.8 Å². The lowest BCUT2D eigenvalue weighted by Gasteiger charge is -2.40. The third-order valence-electron chi connectivity index (χ3n) is 5.93. The van der Waals surface area contributed by atoms with Crippen LogP contribution in [0.15, 0.2) is 11.8 Å². The number of ether oxygens (including phenoxy) is 8. The Labute approximate surface area is 254 Å². The number of esters is 1. The maximum Gasteiger partial charge on any atom is 0.408 e. The van der Waals surface area contributed by atoms with Crippen molar-refractivity contribution in [3.05, 3.63) is 11.8 Å². The number of methoxy groups -OCH3 is 1. The predicted octanol–water partition coefficient (Wildman–Crippen LogP) is 1.54. The molecule has 0 bridgehead atoms. The summed E-state index contributed by atoms with van der Waals surface area (Å²) >= 11 is 0. The lowest BCUT2D eigenvalue weighted by Crippen LogP contribution is -2.55. The molecule has 0 spiro atoms. The van der Waals surface area contributed by atoms with Crippen LogP contribution in [0.4, 0.5) is 9.59 Å². The first kappa shape index (κ1) is 37.9. The molecule has 0 aliphatic carbocycles. The highest BCUT2D eigenvalue weighted by Gasteiger charge is 2.44. The second kappa shape index (κ2) is 20.8. The summed E-state index contributed by atoms with van der Waals surface area (Å²) in [5.74, 6) is 0.839. The Bertz CT molecular complexity index is 914. The molecule has 0 fully saturated rings. The minimum absolute atomic E-state index is 0.131. The minimum Gasteiger partial charge on any atom is -0.479 e. The van der Waals surface area contributed by atoms with Crippen molar-refractivity contribution in [1.29, 1.82) is 0 Å². The first-order chi connectivity index (χ1) is 20.4. The molecule has 14 heteroatoms. The van der Waals surface area contributed by atoms with Gasteiger partial charge in [0.15, 0.2) is 6.10 Å². The van der Waals surface area contributed by atoms with Gasteiger partial charge in [-0.05, 0) is 33.3 Å². The highest BCUT2D eigenvalue weighted by Crippen LogP contribution is 2.30. The van der Waals surface area contributed by atoms with Crippen molar-refractivity contribution in [2.75, 3.05) is 66.5 Å². The van der Waals surface area contributed by atoms with E-state index in [1.165, 1.54) is 13.2 Å². The van der Waals surface area contributed by atoms with Gasteiger partial charge in [0, 0.05) is 12.5 Å². The molecule has 0 saturated heterocycles. The molecule has 0 unspecified atom stereocenters. The highest BCUT2D eigenvalue weighted by atomic mass is 16.6. The van der Waals surface area contributed by atoms with Crippen molar-refractivity contribution in [2.45, 2.75) is 71.0 Å². The van der Waals surface area contributed by atoms with Crippen LogP contribution in [0.25, 0.3) is 0 Å². The van der Waals surface area contributed by atoms with Gasteiger partial charge in [-0.3, -0.25) is 0 Å². The second-order valence-corrected chi connectivity index (χ2v) is 10.5. The number of rotatable bonds is 19. The molecular weight excluding hydrogens is 568 g/mol. The van der Waals surface area contributed by atoms with E-state index in [9.17, 15) is 19.5 Å². The van der Waals surface area contributed by atoms with Gasteiger partial charge in [-0.25, -0.2) is 14.4 Å². The molecule has 14 nitrogen and oxygen atoms in total. The number of nitrogens with one attached hydrogen (secondary N) is 2. The quantitative estimate of drug-likeness (QED) is 0.0830. The number of hydrogen-bond acceptors (Lipinski definition) is 12. The monoisotopic (exact) mass is 616 g/mol. The van der Waals surface area contributed by atoms with Crippen LogP contribution in [0.5, 0.6) is 0 Å². The standard InChI is InChI=1S/C29H48N2O12/c1-8-11-37-13-15-39-17-18-40-16-14-38-12-10-30-27(34)42-25(22(32)9-2)24-20(3)21(19-23(41-24)26(33)36-7)31-28(35)43-29(4,5)6/h1,19-22,24-25,32H,9-18H2,2-7H3,(H,30,34)(H,31,35)/t20-,21+,22-,24-,25-/m1/s1. The average molecular weight is 617 g/mol. The Hall–Kier alpha value is -3.09. The maximum absolute atomic E-state index is 12.6. The van der Waals surface area contributed by atoms with Crippen molar-refractivity contribution in [3.8, 4) is 12.3 Å². The Balaban J connectivity index is 2.59. The first-order valence-corrected chi connectivity index (χ1v) is 14.3. The summed E-state index contributed by atoms with van der Waals surface area (Å²) in [6.07, 6.45) is 1.85. The van der Waals surface area contributed by atoms with Crippen LogP contribution < -0.4 is 10.6 Å². The highest BCUT2D eigenvalue weighted by molar-refractivity contribution is 5.86. The van der Waals surface area contributed by atoms with E-state index in [0.717, 1.165) is 0 Å². The number of carbonyl (C=O) groups is 3. The molecular formula is C29H48N2O12. The van der Waals surface area contributed by atoms with Crippen LogP contribution in [0, 0.1) is 18.3 Å². The van der Waals surface area contributed by atoms with Gasteiger partial charge in [-0.15, -0.1) is 6.42 Å². The molecule has 5 atom stereocenters. The number of amides is 2. The maximum atomic E-state index is 12.6. The third kappa shape index (κ3) is 15.8. The number of hydrogen-bond donors (Lipinski definition) is 3. The summed E-state index contributed by atoms with van der Waals surface area (Å²) in [7, 11) is 1.18. The smallest absolute Gasteiger partial charge is 0.408 e. The van der Waals surface area contributed by atoms with Crippen molar-refractivity contribution >= 4 is 18.2 Å². The van der Waals surface area contributed by atoms with Gasteiger partial charge in [0.2, 0.25) is 5.76 Å². The van der Waals surface area contributed by atoms with Crippen molar-refractivity contribution in [2.24, 2.45) is 5.92 Å². The van der Waals surface area contributed by atoms with Crippen molar-refractivity contribution < 1.29 is 57.4 Å². The van der Waals surface area contributed by atoms with E-state index >= 15 is 0 Å². The fourth-order valence-corrected chi connectivity index (χ4v) is 3.79. The number of terminal acetylenes is 1. The second-order valence-electron chi connectivity index (χ2n) is 10.5. The molecule has 246 valence electrons. The zero-order valence-corrected chi connectivity index (χ0v) is 26.1. The van der Waals surface area contributed by atoms with E-state index in [-0.39, 0.29) is 31.9 Å². The molecule has 1 heterocycles. The molecule has 43 heavy (non-hydrogen) atoms. The summed E-state index contributed by atoms with van der Waals surface area (Å²) in [5, 5.41) is 16.0. The Morgan fingerprint density at radius 3 is 2.14 bits per heavy atom. The lowest BCUT2D eigenvalue weighted by molar-refractivity contribution is -0.149. The van der Waals surface area contributed by atoms with E-state index in [0.29, 0.717) is 39.6 Å². The van der Waals surface area contributed by atoms with Gasteiger partial charge in [0.1, 0.15) is 18.3 Å². The summed E-state index contributed by atoms with van der Waals surface area (Å²) < 4.78 is 42.8. The normalized spacial score (nSPS) is 19.6. The molecule has 1 aliphatic rings. The molecule has 0 aromatic heterocycles. The van der Waals surface area contributed by atoms with Gasteiger partial charge in [-0.2, -0.15) is 0 Å². The summed E-state index contributed by atoms with van der Waals surface area (Å²) in [6.45, 7) is 11.5. The number of aliphatic hydroxyl groups excluding tert-OH is 1. The molecule has 3 N–H and O–H groups in total. The van der Waals surface area contributed by atoms with E-state index in [1.807, 2.05) is 0 Å². The summed E-state index contributed by atoms with van der Waals surface area (Å²) in [4.78, 5) is 37.4. The van der Waals surface area contributed by atoms with Crippen LogP contribution in [0.2, 0.25) is 0 Å². The Kier molecular flexibility index (Phi) is 18.3. The fraction of sp³-hybridized carbons (Fsp3) is 0.759. The van der Waals surface area contributed by atoms with E-state index < -0.39 is 54.0 Å². The van der Waals surface area contributed by atoms with E-state index in [2.05, 4.69) is 16.6 Å². The zero-order chi connectivity index (χ0) is 32.3. The molecule has 0 radical (unpaired) electrons. The summed E-state index contributed by atoms with van der Waals surface area (Å²) in [6, 6.07) is -0.754.